The smallest absolute Gasteiger partial charge is 0.343 e. The van der Waals surface area contributed by atoms with Gasteiger partial charge in [-0.1, -0.05) is 12.1 Å². The van der Waals surface area contributed by atoms with Crippen LogP contribution in [0.5, 0.6) is 23.0 Å². The molecule has 0 N–H and O–H groups in total. The summed E-state index contributed by atoms with van der Waals surface area (Å²) in [6.45, 7) is 3.70. The lowest BCUT2D eigenvalue weighted by Crippen LogP contribution is -2.10. The van der Waals surface area contributed by atoms with E-state index in [-0.39, 0.29) is 0 Å². The molecule has 0 fully saturated rings. The Morgan fingerprint density at radius 1 is 0.917 bits per heavy atom. The van der Waals surface area contributed by atoms with Crippen LogP contribution in [-0.4, -0.2) is 27.3 Å². The number of hydrogen-bond donors (Lipinski definition) is 0. The number of esters is 1. The van der Waals surface area contributed by atoms with E-state index in [2.05, 4.69) is 6.58 Å². The Balaban J connectivity index is 2.24. The molecule has 0 aromatic heterocycles. The zero-order valence-corrected chi connectivity index (χ0v) is 14.0. The molecule has 126 valence electrons. The Hall–Kier alpha value is -2.95. The van der Waals surface area contributed by atoms with Crippen LogP contribution in [0.4, 0.5) is 0 Å². The molecule has 0 aliphatic rings. The maximum Gasteiger partial charge on any atom is 0.343 e. The summed E-state index contributed by atoms with van der Waals surface area (Å²) in [4.78, 5) is 12.4. The highest BCUT2D eigenvalue weighted by Gasteiger charge is 2.15. The molecule has 0 radical (unpaired) electrons. The minimum Gasteiger partial charge on any atom is -0.493 e. The Morgan fingerprint density at radius 2 is 1.54 bits per heavy atom. The summed E-state index contributed by atoms with van der Waals surface area (Å²) in [6, 6.07) is 10.2. The van der Waals surface area contributed by atoms with E-state index in [4.69, 9.17) is 18.9 Å². The van der Waals surface area contributed by atoms with Gasteiger partial charge in [-0.3, -0.25) is 0 Å². The molecule has 0 heterocycles. The summed E-state index contributed by atoms with van der Waals surface area (Å²) in [5.41, 5.74) is 1.37. The number of carbonyl (C=O) groups excluding carboxylic acids is 1. The summed E-state index contributed by atoms with van der Waals surface area (Å²) >= 11 is 0. The Morgan fingerprint density at radius 3 is 2.17 bits per heavy atom. The molecule has 0 spiro atoms. The Labute approximate surface area is 141 Å². The number of rotatable bonds is 7. The number of allylic oxidation sites excluding steroid dienone is 1. The van der Waals surface area contributed by atoms with E-state index in [1.54, 1.807) is 30.3 Å². The predicted molar refractivity (Wildman–Crippen MR) is 91.4 cm³/mol. The highest BCUT2D eigenvalue weighted by molar-refractivity contribution is 5.92. The summed E-state index contributed by atoms with van der Waals surface area (Å²) in [5, 5.41) is 0. The van der Waals surface area contributed by atoms with E-state index in [0.29, 0.717) is 35.0 Å². The van der Waals surface area contributed by atoms with Crippen molar-refractivity contribution in [2.24, 2.45) is 0 Å². The fourth-order valence-electron chi connectivity index (χ4n) is 2.21. The van der Waals surface area contributed by atoms with E-state index in [1.807, 2.05) is 12.1 Å². The van der Waals surface area contributed by atoms with E-state index in [1.165, 1.54) is 21.3 Å². The molecular weight excluding hydrogens is 308 g/mol. The van der Waals surface area contributed by atoms with Crippen molar-refractivity contribution >= 4 is 5.97 Å². The molecule has 5 heteroatoms. The summed E-state index contributed by atoms with van der Waals surface area (Å²) in [5.74, 6) is 1.33. The molecule has 2 rings (SSSR count). The summed E-state index contributed by atoms with van der Waals surface area (Å²) in [6.07, 6.45) is 2.50. The van der Waals surface area contributed by atoms with Crippen molar-refractivity contribution in [3.8, 4) is 23.0 Å². The molecular formula is C19H20O5. The average Bonchev–Trinajstić information content (AvgIpc) is 2.62. The van der Waals surface area contributed by atoms with Crippen LogP contribution < -0.4 is 18.9 Å². The second-order valence-electron chi connectivity index (χ2n) is 4.94. The van der Waals surface area contributed by atoms with Crippen LogP contribution in [-0.2, 0) is 6.42 Å². The van der Waals surface area contributed by atoms with E-state index >= 15 is 0 Å². The van der Waals surface area contributed by atoms with E-state index < -0.39 is 5.97 Å². The minimum atomic E-state index is -0.509. The highest BCUT2D eigenvalue weighted by atomic mass is 16.6. The molecule has 5 nitrogen and oxygen atoms in total. The Bertz CT molecular complexity index is 737. The molecule has 0 unspecified atom stereocenters. The predicted octanol–water partition coefficient (Wildman–Crippen LogP) is 3.66. The molecule has 0 amide bonds. The lowest BCUT2D eigenvalue weighted by Gasteiger charge is -2.12. The van der Waals surface area contributed by atoms with Crippen LogP contribution in [0, 0.1) is 0 Å². The zero-order chi connectivity index (χ0) is 17.5. The second-order valence-corrected chi connectivity index (χ2v) is 4.94. The van der Waals surface area contributed by atoms with Crippen LogP contribution in [0.1, 0.15) is 15.9 Å². The van der Waals surface area contributed by atoms with E-state index in [0.717, 1.165) is 5.56 Å². The normalized spacial score (nSPS) is 9.96. The fourth-order valence-corrected chi connectivity index (χ4v) is 2.21. The molecule has 2 aromatic rings. The van der Waals surface area contributed by atoms with Gasteiger partial charge >= 0.3 is 5.97 Å². The van der Waals surface area contributed by atoms with Gasteiger partial charge < -0.3 is 18.9 Å². The van der Waals surface area contributed by atoms with E-state index in [9.17, 15) is 4.79 Å². The van der Waals surface area contributed by atoms with Crippen LogP contribution >= 0.6 is 0 Å². The number of methoxy groups -OCH3 is 3. The zero-order valence-electron chi connectivity index (χ0n) is 14.0. The SMILES string of the molecule is C=CCc1ccc(OC(=O)c2ccc(OC)c(OC)c2)c(OC)c1. The van der Waals surface area contributed by atoms with Crippen molar-refractivity contribution in [3.05, 3.63) is 60.2 Å². The second kappa shape index (κ2) is 8.06. The highest BCUT2D eigenvalue weighted by Crippen LogP contribution is 2.31. The van der Waals surface area contributed by atoms with Gasteiger partial charge in [-0.15, -0.1) is 6.58 Å². The third kappa shape index (κ3) is 3.87. The molecule has 0 atom stereocenters. The molecule has 0 aliphatic heterocycles. The van der Waals surface area contributed by atoms with Crippen molar-refractivity contribution < 1.29 is 23.7 Å². The first-order valence-corrected chi connectivity index (χ1v) is 7.35. The average molecular weight is 328 g/mol. The van der Waals surface area contributed by atoms with Crippen molar-refractivity contribution in [1.29, 1.82) is 0 Å². The number of hydrogen-bond acceptors (Lipinski definition) is 5. The monoisotopic (exact) mass is 328 g/mol. The molecule has 0 saturated heterocycles. The quantitative estimate of drug-likeness (QED) is 0.441. The maximum absolute atomic E-state index is 12.4. The Kier molecular flexibility index (Phi) is 5.84. The van der Waals surface area contributed by atoms with Gasteiger partial charge in [-0.05, 0) is 42.3 Å². The van der Waals surface area contributed by atoms with Crippen molar-refractivity contribution in [2.75, 3.05) is 21.3 Å². The standard InChI is InChI=1S/C19H20O5/c1-5-6-13-7-9-16(17(11-13)22-3)24-19(20)14-8-10-15(21-2)18(12-14)23-4/h5,7-12H,1,6H2,2-4H3. The molecule has 0 saturated carbocycles. The van der Waals surface area contributed by atoms with Gasteiger partial charge in [-0.2, -0.15) is 0 Å². The van der Waals surface area contributed by atoms with Gasteiger partial charge in [0.05, 0.1) is 26.9 Å². The maximum atomic E-state index is 12.4. The summed E-state index contributed by atoms with van der Waals surface area (Å²) in [7, 11) is 4.57. The first kappa shape index (κ1) is 17.4. The topological polar surface area (TPSA) is 54.0 Å². The fraction of sp³-hybridized carbons (Fsp3) is 0.211. The van der Waals surface area contributed by atoms with Crippen molar-refractivity contribution in [2.45, 2.75) is 6.42 Å². The lowest BCUT2D eigenvalue weighted by molar-refractivity contribution is 0.0729. The lowest BCUT2D eigenvalue weighted by atomic mass is 10.1. The first-order valence-electron chi connectivity index (χ1n) is 7.35. The third-order valence-electron chi connectivity index (χ3n) is 3.43. The van der Waals surface area contributed by atoms with Crippen LogP contribution in [0.15, 0.2) is 49.1 Å². The number of ether oxygens (including phenoxy) is 4. The van der Waals surface area contributed by atoms with Crippen LogP contribution in [0.2, 0.25) is 0 Å². The molecule has 2 aromatic carbocycles. The van der Waals surface area contributed by atoms with Crippen LogP contribution in [0.3, 0.4) is 0 Å². The van der Waals surface area contributed by atoms with Crippen molar-refractivity contribution in [3.63, 3.8) is 0 Å². The summed E-state index contributed by atoms with van der Waals surface area (Å²) < 4.78 is 21.1. The third-order valence-corrected chi connectivity index (χ3v) is 3.43. The van der Waals surface area contributed by atoms with Gasteiger partial charge in [0.15, 0.2) is 23.0 Å². The van der Waals surface area contributed by atoms with Gasteiger partial charge in [0.2, 0.25) is 0 Å². The van der Waals surface area contributed by atoms with Gasteiger partial charge in [-0.25, -0.2) is 4.79 Å². The minimum absolute atomic E-state index is 0.352. The van der Waals surface area contributed by atoms with Gasteiger partial charge in [0, 0.05) is 0 Å². The molecule has 0 aliphatic carbocycles. The van der Waals surface area contributed by atoms with Gasteiger partial charge in [0.25, 0.3) is 0 Å². The molecule has 0 bridgehead atoms. The molecule has 24 heavy (non-hydrogen) atoms. The number of benzene rings is 2. The first-order chi connectivity index (χ1) is 11.6. The largest absolute Gasteiger partial charge is 0.493 e. The van der Waals surface area contributed by atoms with Crippen molar-refractivity contribution in [1.82, 2.24) is 0 Å². The van der Waals surface area contributed by atoms with Gasteiger partial charge in [0.1, 0.15) is 0 Å². The van der Waals surface area contributed by atoms with Crippen LogP contribution in [0.25, 0.3) is 0 Å². The number of carbonyl (C=O) groups is 1.